The third kappa shape index (κ3) is 6.24. The number of nitrogens with two attached hydrogens (primary N) is 1. The van der Waals surface area contributed by atoms with Crippen LogP contribution in [0, 0.1) is 11.8 Å². The predicted molar refractivity (Wildman–Crippen MR) is 162 cm³/mol. The zero-order chi connectivity index (χ0) is 29.9. The lowest BCUT2D eigenvalue weighted by molar-refractivity contribution is -0.141. The van der Waals surface area contributed by atoms with Crippen molar-refractivity contribution in [2.24, 2.45) is 17.6 Å². The molecular formula is C32H39ClN4O5. The lowest BCUT2D eigenvalue weighted by Gasteiger charge is -2.44. The van der Waals surface area contributed by atoms with Gasteiger partial charge in [0.25, 0.3) is 0 Å². The fourth-order valence-electron chi connectivity index (χ4n) is 6.64. The SMILES string of the molecule is COC(=O)NCCCC(O)(c1cccc(Cl)c1-c1cnc2ccccc2c1)C1CCCN(C(=O)[C@H]2C[C@@H](N)[C@@H](O)C2)C1. The van der Waals surface area contributed by atoms with Crippen LogP contribution in [-0.4, -0.2) is 71.0 Å². The molecule has 42 heavy (non-hydrogen) atoms. The lowest BCUT2D eigenvalue weighted by atomic mass is 9.72. The van der Waals surface area contributed by atoms with Crippen molar-refractivity contribution in [2.45, 2.75) is 56.3 Å². The van der Waals surface area contributed by atoms with Crippen molar-refractivity contribution in [3.63, 3.8) is 0 Å². The number of aromatic nitrogens is 1. The second kappa shape index (κ2) is 13.0. The number of aliphatic hydroxyl groups excluding tert-OH is 1. The molecule has 9 nitrogen and oxygen atoms in total. The maximum absolute atomic E-state index is 13.5. The number of alkyl carbamates (subject to hydrolysis) is 1. The highest BCUT2D eigenvalue weighted by Gasteiger charge is 2.44. The van der Waals surface area contributed by atoms with Crippen molar-refractivity contribution >= 4 is 34.5 Å². The number of carbonyl (C=O) groups is 2. The van der Waals surface area contributed by atoms with Gasteiger partial charge < -0.3 is 30.9 Å². The number of pyridine rings is 1. The molecule has 224 valence electrons. The number of carbonyl (C=O) groups excluding carboxylic acids is 2. The first kappa shape index (κ1) is 30.2. The van der Waals surface area contributed by atoms with E-state index in [9.17, 15) is 19.8 Å². The van der Waals surface area contributed by atoms with E-state index in [0.717, 1.165) is 22.9 Å². The first-order valence-corrected chi connectivity index (χ1v) is 15.0. The van der Waals surface area contributed by atoms with Crippen molar-refractivity contribution in [3.05, 3.63) is 65.3 Å². The zero-order valence-corrected chi connectivity index (χ0v) is 24.6. The van der Waals surface area contributed by atoms with Crippen LogP contribution in [0.5, 0.6) is 0 Å². The largest absolute Gasteiger partial charge is 0.453 e. The number of nitrogens with zero attached hydrogens (tertiary/aromatic N) is 2. The summed E-state index contributed by atoms with van der Waals surface area (Å²) in [6.45, 7) is 1.27. The number of nitrogens with one attached hydrogen (secondary N) is 1. The Kier molecular flexibility index (Phi) is 9.32. The van der Waals surface area contributed by atoms with E-state index in [1.165, 1.54) is 7.11 Å². The number of benzene rings is 2. The topological polar surface area (TPSA) is 138 Å². The van der Waals surface area contributed by atoms with E-state index in [-0.39, 0.29) is 17.7 Å². The molecular weight excluding hydrogens is 556 g/mol. The molecule has 10 heteroatoms. The first-order chi connectivity index (χ1) is 20.2. The van der Waals surface area contributed by atoms with Gasteiger partial charge >= 0.3 is 6.09 Å². The number of halogens is 1. The molecule has 1 aliphatic carbocycles. The fraction of sp³-hybridized carbons (Fsp3) is 0.469. The molecule has 2 unspecified atom stereocenters. The fourth-order valence-corrected chi connectivity index (χ4v) is 6.92. The highest BCUT2D eigenvalue weighted by molar-refractivity contribution is 6.33. The number of methoxy groups -OCH3 is 1. The summed E-state index contributed by atoms with van der Waals surface area (Å²) in [6, 6.07) is 15.0. The van der Waals surface area contributed by atoms with Crippen molar-refractivity contribution in [2.75, 3.05) is 26.7 Å². The number of hydrogen-bond acceptors (Lipinski definition) is 7. The van der Waals surface area contributed by atoms with Gasteiger partial charge in [-0.2, -0.15) is 0 Å². The Bertz CT molecular complexity index is 1430. The molecule has 5 atom stereocenters. The van der Waals surface area contributed by atoms with E-state index >= 15 is 0 Å². The smallest absolute Gasteiger partial charge is 0.406 e. The Hall–Kier alpha value is -3.24. The summed E-state index contributed by atoms with van der Waals surface area (Å²) in [5.74, 6) is -0.637. The molecule has 2 amide bonds. The number of rotatable bonds is 8. The number of piperidine rings is 1. The second-order valence-electron chi connectivity index (χ2n) is 11.5. The number of para-hydroxylation sites is 1. The maximum atomic E-state index is 13.5. The summed E-state index contributed by atoms with van der Waals surface area (Å²) in [5.41, 5.74) is 7.67. The van der Waals surface area contributed by atoms with Crippen LogP contribution in [0.25, 0.3) is 22.0 Å². The van der Waals surface area contributed by atoms with Crippen LogP contribution >= 0.6 is 11.6 Å². The van der Waals surface area contributed by atoms with Crippen LogP contribution in [0.3, 0.4) is 0 Å². The highest BCUT2D eigenvalue weighted by atomic mass is 35.5. The maximum Gasteiger partial charge on any atom is 0.406 e. The summed E-state index contributed by atoms with van der Waals surface area (Å²) >= 11 is 6.86. The molecule has 1 saturated carbocycles. The number of fused-ring (bicyclic) bond motifs is 1. The van der Waals surface area contributed by atoms with Gasteiger partial charge in [0.1, 0.15) is 0 Å². The third-order valence-corrected chi connectivity index (χ3v) is 9.20. The molecule has 0 radical (unpaired) electrons. The van der Waals surface area contributed by atoms with Gasteiger partial charge in [0, 0.05) is 65.2 Å². The minimum atomic E-state index is -1.37. The van der Waals surface area contributed by atoms with Crippen molar-refractivity contribution < 1.29 is 24.5 Å². The first-order valence-electron chi connectivity index (χ1n) is 14.6. The lowest BCUT2D eigenvalue weighted by Crippen LogP contribution is -2.49. The number of likely N-dealkylation sites (tertiary alicyclic amines) is 1. The quantitative estimate of drug-likeness (QED) is 0.287. The minimum absolute atomic E-state index is 0.0218. The van der Waals surface area contributed by atoms with Gasteiger partial charge in [-0.15, -0.1) is 0 Å². The molecule has 0 spiro atoms. The molecule has 2 aromatic carbocycles. The minimum Gasteiger partial charge on any atom is -0.453 e. The van der Waals surface area contributed by atoms with E-state index < -0.39 is 23.8 Å². The van der Waals surface area contributed by atoms with E-state index in [1.54, 1.807) is 12.3 Å². The average Bonchev–Trinajstić information content (AvgIpc) is 3.35. The summed E-state index contributed by atoms with van der Waals surface area (Å²) in [7, 11) is 1.31. The average molecular weight is 595 g/mol. The van der Waals surface area contributed by atoms with E-state index in [1.807, 2.05) is 47.4 Å². The van der Waals surface area contributed by atoms with Gasteiger partial charge in [-0.25, -0.2) is 4.79 Å². The van der Waals surface area contributed by atoms with E-state index in [0.29, 0.717) is 67.9 Å². The molecule has 0 bridgehead atoms. The second-order valence-corrected chi connectivity index (χ2v) is 12.0. The Morgan fingerprint density at radius 1 is 1.21 bits per heavy atom. The van der Waals surface area contributed by atoms with Gasteiger partial charge in [-0.3, -0.25) is 9.78 Å². The third-order valence-electron chi connectivity index (χ3n) is 8.88. The number of ether oxygens (including phenoxy) is 1. The van der Waals surface area contributed by atoms with Gasteiger partial charge in [-0.05, 0) is 62.3 Å². The van der Waals surface area contributed by atoms with Gasteiger partial charge in [-0.1, -0.05) is 41.9 Å². The molecule has 2 fully saturated rings. The van der Waals surface area contributed by atoms with Crippen LogP contribution in [0.1, 0.15) is 44.1 Å². The monoisotopic (exact) mass is 594 g/mol. The van der Waals surface area contributed by atoms with Gasteiger partial charge in [0.05, 0.1) is 24.3 Å². The molecule has 5 N–H and O–H groups in total. The van der Waals surface area contributed by atoms with E-state index in [4.69, 9.17) is 22.1 Å². The molecule has 2 aliphatic rings. The van der Waals surface area contributed by atoms with Gasteiger partial charge in [0.15, 0.2) is 0 Å². The van der Waals surface area contributed by atoms with Crippen LogP contribution < -0.4 is 11.1 Å². The van der Waals surface area contributed by atoms with Crippen LogP contribution in [0.4, 0.5) is 4.79 Å². The molecule has 1 aromatic heterocycles. The Labute approximate surface area is 251 Å². The van der Waals surface area contributed by atoms with Crippen LogP contribution in [-0.2, 0) is 15.1 Å². The molecule has 1 aliphatic heterocycles. The van der Waals surface area contributed by atoms with Gasteiger partial charge in [0.2, 0.25) is 5.91 Å². The summed E-state index contributed by atoms with van der Waals surface area (Å²) < 4.78 is 4.71. The predicted octanol–water partition coefficient (Wildman–Crippen LogP) is 4.22. The standard InChI is InChI=1S/C32H39ClN4O5/c1-42-31(40)35-13-6-12-32(41,23-8-5-14-37(19-23)30(39)21-16-26(34)28(38)17-21)24-9-4-10-25(33)29(24)22-15-20-7-2-3-11-27(20)36-18-22/h2-4,7,9-11,15,18,21,23,26,28,38,41H,5-6,8,12-14,16-17,19,34H2,1H3,(H,35,40)/t21-,23?,26+,28-,32?/m0/s1. The summed E-state index contributed by atoms with van der Waals surface area (Å²) in [5, 5.41) is 27.1. The zero-order valence-electron chi connectivity index (χ0n) is 23.8. The Morgan fingerprint density at radius 3 is 2.79 bits per heavy atom. The highest BCUT2D eigenvalue weighted by Crippen LogP contribution is 2.46. The Morgan fingerprint density at radius 2 is 2.02 bits per heavy atom. The summed E-state index contributed by atoms with van der Waals surface area (Å²) in [4.78, 5) is 31.7. The van der Waals surface area contributed by atoms with E-state index in [2.05, 4.69) is 10.3 Å². The van der Waals surface area contributed by atoms with Crippen molar-refractivity contribution in [1.29, 1.82) is 0 Å². The molecule has 5 rings (SSSR count). The van der Waals surface area contributed by atoms with Crippen molar-refractivity contribution in [3.8, 4) is 11.1 Å². The molecule has 2 heterocycles. The normalized spacial score (nSPS) is 23.9. The van der Waals surface area contributed by atoms with Crippen LogP contribution in [0.15, 0.2) is 54.7 Å². The Balaban J connectivity index is 1.50. The molecule has 1 saturated heterocycles. The number of amides is 2. The summed E-state index contributed by atoms with van der Waals surface area (Å²) in [6.07, 6.45) is 3.62. The number of aliphatic hydroxyl groups is 2. The molecule has 3 aromatic rings. The van der Waals surface area contributed by atoms with Crippen LogP contribution in [0.2, 0.25) is 5.02 Å². The number of hydrogen-bond donors (Lipinski definition) is 4. The van der Waals surface area contributed by atoms with Crippen molar-refractivity contribution in [1.82, 2.24) is 15.2 Å².